The number of carbonyl (C=O) groups excluding carboxylic acids is 1. The summed E-state index contributed by atoms with van der Waals surface area (Å²) in [6.07, 6.45) is 0. The summed E-state index contributed by atoms with van der Waals surface area (Å²) in [5.74, 6) is 0.00781. The number of rotatable bonds is 5. The molecule has 1 N–H and O–H groups in total. The van der Waals surface area contributed by atoms with Crippen molar-refractivity contribution in [1.82, 2.24) is 4.90 Å². The van der Waals surface area contributed by atoms with Crippen LogP contribution in [0.5, 0.6) is 0 Å². The van der Waals surface area contributed by atoms with E-state index in [2.05, 4.69) is 39.6 Å². The molecule has 0 bridgehead atoms. The highest BCUT2D eigenvalue weighted by molar-refractivity contribution is 9.10. The minimum Gasteiger partial charge on any atom is -0.325 e. The Balaban J connectivity index is 1.89. The normalized spacial score (nSPS) is 10.9. The van der Waals surface area contributed by atoms with Gasteiger partial charge in [0.05, 0.1) is 6.54 Å². The summed E-state index contributed by atoms with van der Waals surface area (Å²) in [5, 5.41) is 5.02. The van der Waals surface area contributed by atoms with Gasteiger partial charge in [0, 0.05) is 21.6 Å². The molecule has 0 saturated heterocycles. The van der Waals surface area contributed by atoms with E-state index in [9.17, 15) is 4.79 Å². The molecule has 0 unspecified atom stereocenters. The zero-order valence-corrected chi connectivity index (χ0v) is 14.8. The van der Waals surface area contributed by atoms with E-state index in [0.29, 0.717) is 6.54 Å². The fourth-order valence-corrected chi connectivity index (χ4v) is 3.27. The lowest BCUT2D eigenvalue weighted by Gasteiger charge is -2.16. The summed E-state index contributed by atoms with van der Waals surface area (Å²) in [4.78, 5) is 15.4. The van der Waals surface area contributed by atoms with Gasteiger partial charge in [-0.3, -0.25) is 9.69 Å². The van der Waals surface area contributed by atoms with Crippen molar-refractivity contribution in [3.05, 3.63) is 50.1 Å². The van der Waals surface area contributed by atoms with Crippen molar-refractivity contribution in [1.29, 1.82) is 0 Å². The first kappa shape index (κ1) is 16.2. The largest absolute Gasteiger partial charge is 0.325 e. The van der Waals surface area contributed by atoms with Crippen molar-refractivity contribution in [3.63, 3.8) is 0 Å². The molecule has 21 heavy (non-hydrogen) atoms. The molecule has 0 radical (unpaired) electrons. The number of halogens is 1. The molecule has 0 saturated carbocycles. The topological polar surface area (TPSA) is 32.3 Å². The SMILES string of the molecule is Cc1cc(NC(=O)CN(C)Cc2sccc2C)ccc1Br. The molecule has 0 aliphatic rings. The first-order valence-corrected chi connectivity index (χ1v) is 8.40. The Kier molecular flexibility index (Phi) is 5.56. The van der Waals surface area contributed by atoms with Crippen molar-refractivity contribution in [3.8, 4) is 0 Å². The predicted molar refractivity (Wildman–Crippen MR) is 92.9 cm³/mol. The summed E-state index contributed by atoms with van der Waals surface area (Å²) >= 11 is 5.19. The molecule has 2 rings (SSSR count). The molecule has 3 nitrogen and oxygen atoms in total. The Labute approximate surface area is 138 Å². The van der Waals surface area contributed by atoms with Crippen LogP contribution in [0.2, 0.25) is 0 Å². The van der Waals surface area contributed by atoms with Crippen LogP contribution >= 0.6 is 27.3 Å². The lowest BCUT2D eigenvalue weighted by Crippen LogP contribution is -2.29. The van der Waals surface area contributed by atoms with Gasteiger partial charge in [0.15, 0.2) is 0 Å². The van der Waals surface area contributed by atoms with E-state index in [4.69, 9.17) is 0 Å². The summed E-state index contributed by atoms with van der Waals surface area (Å²) in [6, 6.07) is 7.92. The molecular weight excluding hydrogens is 348 g/mol. The molecule has 0 aliphatic carbocycles. The maximum Gasteiger partial charge on any atom is 0.238 e. The molecule has 1 aromatic carbocycles. The summed E-state index contributed by atoms with van der Waals surface area (Å²) in [6.45, 7) is 5.29. The lowest BCUT2D eigenvalue weighted by atomic mass is 10.2. The van der Waals surface area contributed by atoms with Crippen LogP contribution in [0.1, 0.15) is 16.0 Å². The van der Waals surface area contributed by atoms with Gasteiger partial charge in [-0.2, -0.15) is 0 Å². The molecule has 0 aliphatic heterocycles. The first-order chi connectivity index (χ1) is 9.95. The second kappa shape index (κ2) is 7.20. The van der Waals surface area contributed by atoms with Crippen molar-refractivity contribution in [2.75, 3.05) is 18.9 Å². The lowest BCUT2D eigenvalue weighted by molar-refractivity contribution is -0.117. The Morgan fingerprint density at radius 2 is 2.05 bits per heavy atom. The van der Waals surface area contributed by atoms with Gasteiger partial charge in [-0.05, 0) is 61.7 Å². The molecule has 1 amide bonds. The highest BCUT2D eigenvalue weighted by Gasteiger charge is 2.10. The maximum absolute atomic E-state index is 12.1. The highest BCUT2D eigenvalue weighted by Crippen LogP contribution is 2.20. The van der Waals surface area contributed by atoms with E-state index in [1.54, 1.807) is 11.3 Å². The monoisotopic (exact) mass is 366 g/mol. The van der Waals surface area contributed by atoms with Crippen LogP contribution in [0.25, 0.3) is 0 Å². The number of benzene rings is 1. The number of hydrogen-bond donors (Lipinski definition) is 1. The third kappa shape index (κ3) is 4.66. The molecule has 0 spiro atoms. The van der Waals surface area contributed by atoms with Gasteiger partial charge in [-0.15, -0.1) is 11.3 Å². The van der Waals surface area contributed by atoms with Crippen LogP contribution in [0.3, 0.4) is 0 Å². The van der Waals surface area contributed by atoms with E-state index in [1.807, 2.05) is 37.1 Å². The number of nitrogens with zero attached hydrogens (tertiary/aromatic N) is 1. The molecule has 2 aromatic rings. The summed E-state index contributed by atoms with van der Waals surface area (Å²) < 4.78 is 1.05. The Morgan fingerprint density at radius 1 is 1.29 bits per heavy atom. The second-order valence-electron chi connectivity index (χ2n) is 5.21. The van der Waals surface area contributed by atoms with Crippen LogP contribution in [0.15, 0.2) is 34.1 Å². The van der Waals surface area contributed by atoms with Crippen LogP contribution in [-0.4, -0.2) is 24.4 Å². The van der Waals surface area contributed by atoms with Gasteiger partial charge >= 0.3 is 0 Å². The number of likely N-dealkylation sites (N-methyl/N-ethyl adjacent to an activating group) is 1. The number of thiophene rings is 1. The highest BCUT2D eigenvalue weighted by atomic mass is 79.9. The third-order valence-electron chi connectivity index (χ3n) is 3.24. The maximum atomic E-state index is 12.1. The minimum absolute atomic E-state index is 0.00781. The average molecular weight is 367 g/mol. The fraction of sp³-hybridized carbons (Fsp3) is 0.312. The van der Waals surface area contributed by atoms with E-state index in [0.717, 1.165) is 22.3 Å². The summed E-state index contributed by atoms with van der Waals surface area (Å²) in [7, 11) is 1.96. The smallest absolute Gasteiger partial charge is 0.238 e. The number of nitrogens with one attached hydrogen (secondary N) is 1. The molecule has 5 heteroatoms. The molecule has 1 aromatic heterocycles. The van der Waals surface area contributed by atoms with Gasteiger partial charge in [-0.25, -0.2) is 0 Å². The van der Waals surface area contributed by atoms with E-state index in [-0.39, 0.29) is 5.91 Å². The fourth-order valence-electron chi connectivity index (χ4n) is 2.04. The van der Waals surface area contributed by atoms with E-state index in [1.165, 1.54) is 10.4 Å². The summed E-state index contributed by atoms with van der Waals surface area (Å²) in [5.41, 5.74) is 3.23. The Morgan fingerprint density at radius 3 is 2.67 bits per heavy atom. The zero-order valence-electron chi connectivity index (χ0n) is 12.4. The van der Waals surface area contributed by atoms with Crippen molar-refractivity contribution >= 4 is 38.9 Å². The number of amides is 1. The Bertz CT molecular complexity index is 639. The van der Waals surface area contributed by atoms with Crippen molar-refractivity contribution in [2.45, 2.75) is 20.4 Å². The van der Waals surface area contributed by atoms with Gasteiger partial charge in [0.2, 0.25) is 5.91 Å². The van der Waals surface area contributed by atoms with E-state index >= 15 is 0 Å². The van der Waals surface area contributed by atoms with Crippen LogP contribution in [0, 0.1) is 13.8 Å². The average Bonchev–Trinajstić information content (AvgIpc) is 2.79. The molecular formula is C16H19BrN2OS. The first-order valence-electron chi connectivity index (χ1n) is 6.73. The van der Waals surface area contributed by atoms with Gasteiger partial charge in [-0.1, -0.05) is 15.9 Å². The number of aryl methyl sites for hydroxylation is 2. The zero-order chi connectivity index (χ0) is 15.4. The third-order valence-corrected chi connectivity index (χ3v) is 5.13. The van der Waals surface area contributed by atoms with Crippen molar-refractivity contribution < 1.29 is 4.79 Å². The molecule has 0 fully saturated rings. The minimum atomic E-state index is 0.00781. The van der Waals surface area contributed by atoms with Crippen LogP contribution in [-0.2, 0) is 11.3 Å². The van der Waals surface area contributed by atoms with Gasteiger partial charge in [0.1, 0.15) is 0 Å². The standard InChI is InChI=1S/C16H19BrN2OS/c1-11-6-7-21-15(11)9-19(3)10-16(20)18-13-4-5-14(17)12(2)8-13/h4-8H,9-10H2,1-3H3,(H,18,20). The Hall–Kier alpha value is -1.17. The molecule has 1 heterocycles. The van der Waals surface area contributed by atoms with Gasteiger partial charge in [0.25, 0.3) is 0 Å². The quantitative estimate of drug-likeness (QED) is 0.859. The number of hydrogen-bond acceptors (Lipinski definition) is 3. The van der Waals surface area contributed by atoms with Crippen LogP contribution < -0.4 is 5.32 Å². The number of carbonyl (C=O) groups is 1. The van der Waals surface area contributed by atoms with E-state index < -0.39 is 0 Å². The predicted octanol–water partition coefficient (Wildman–Crippen LogP) is 4.20. The van der Waals surface area contributed by atoms with Gasteiger partial charge < -0.3 is 5.32 Å². The molecule has 112 valence electrons. The van der Waals surface area contributed by atoms with Crippen molar-refractivity contribution in [2.24, 2.45) is 0 Å². The number of anilines is 1. The van der Waals surface area contributed by atoms with Crippen LogP contribution in [0.4, 0.5) is 5.69 Å². The second-order valence-corrected chi connectivity index (χ2v) is 7.07. The molecule has 0 atom stereocenters.